The van der Waals surface area contributed by atoms with E-state index in [2.05, 4.69) is 6.92 Å². The Balaban J connectivity index is 2.13. The van der Waals surface area contributed by atoms with Crippen LogP contribution in [0.4, 0.5) is 0 Å². The highest BCUT2D eigenvalue weighted by Crippen LogP contribution is 2.14. The van der Waals surface area contributed by atoms with Gasteiger partial charge in [0.1, 0.15) is 5.75 Å². The molecule has 1 aromatic rings. The molecule has 0 aliphatic heterocycles. The highest BCUT2D eigenvalue weighted by atomic mass is 16.5. The van der Waals surface area contributed by atoms with Crippen molar-refractivity contribution in [3.63, 3.8) is 0 Å². The molecular formula is C16H26O2. The van der Waals surface area contributed by atoms with Crippen LogP contribution < -0.4 is 4.74 Å². The summed E-state index contributed by atoms with van der Waals surface area (Å²) in [5.74, 6) is 0.925. The predicted octanol–water partition coefficient (Wildman–Crippen LogP) is 3.96. The molecule has 0 atom stereocenters. The fourth-order valence-electron chi connectivity index (χ4n) is 1.99. The van der Waals surface area contributed by atoms with Crippen LogP contribution in [-0.2, 0) is 6.42 Å². The fourth-order valence-corrected chi connectivity index (χ4v) is 1.99. The molecule has 0 bridgehead atoms. The zero-order valence-corrected chi connectivity index (χ0v) is 11.5. The van der Waals surface area contributed by atoms with Gasteiger partial charge in [-0.2, -0.15) is 0 Å². The Bertz CT molecular complexity index is 310. The molecule has 1 rings (SSSR count). The van der Waals surface area contributed by atoms with Crippen molar-refractivity contribution in [3.8, 4) is 5.75 Å². The maximum absolute atomic E-state index is 8.89. The summed E-state index contributed by atoms with van der Waals surface area (Å²) in [5.41, 5.74) is 1.14. The van der Waals surface area contributed by atoms with Crippen LogP contribution in [-0.4, -0.2) is 18.3 Å². The molecule has 102 valence electrons. The van der Waals surface area contributed by atoms with Gasteiger partial charge >= 0.3 is 0 Å². The van der Waals surface area contributed by atoms with E-state index in [-0.39, 0.29) is 6.61 Å². The third-order valence-electron chi connectivity index (χ3n) is 3.07. The van der Waals surface area contributed by atoms with E-state index in [1.54, 1.807) is 0 Å². The van der Waals surface area contributed by atoms with E-state index in [0.717, 1.165) is 24.3 Å². The summed E-state index contributed by atoms with van der Waals surface area (Å²) in [6.07, 6.45) is 8.42. The lowest BCUT2D eigenvalue weighted by molar-refractivity contribution is 0.296. The number of benzene rings is 1. The zero-order valence-electron chi connectivity index (χ0n) is 11.5. The quantitative estimate of drug-likeness (QED) is 0.637. The summed E-state index contributed by atoms with van der Waals surface area (Å²) in [7, 11) is 0. The molecule has 0 unspecified atom stereocenters. The number of ether oxygens (including phenoxy) is 1. The first-order chi connectivity index (χ1) is 8.86. The number of hydrogen-bond acceptors (Lipinski definition) is 2. The number of aliphatic hydroxyl groups is 1. The van der Waals surface area contributed by atoms with Crippen LogP contribution in [0.15, 0.2) is 24.3 Å². The van der Waals surface area contributed by atoms with Crippen molar-refractivity contribution < 1.29 is 9.84 Å². The van der Waals surface area contributed by atoms with Gasteiger partial charge < -0.3 is 9.84 Å². The molecule has 1 N–H and O–H groups in total. The summed E-state index contributed by atoms with van der Waals surface area (Å²) in [5, 5.41) is 8.89. The van der Waals surface area contributed by atoms with E-state index in [9.17, 15) is 0 Å². The fraction of sp³-hybridized carbons (Fsp3) is 0.625. The van der Waals surface area contributed by atoms with E-state index in [1.165, 1.54) is 32.1 Å². The normalized spacial score (nSPS) is 10.6. The summed E-state index contributed by atoms with van der Waals surface area (Å²) in [4.78, 5) is 0. The monoisotopic (exact) mass is 250 g/mol. The Labute approximate surface area is 111 Å². The smallest absolute Gasteiger partial charge is 0.119 e. The van der Waals surface area contributed by atoms with E-state index in [0.29, 0.717) is 6.42 Å². The number of aliphatic hydroxyl groups excluding tert-OH is 1. The Kier molecular flexibility index (Phi) is 8.32. The molecule has 2 nitrogen and oxygen atoms in total. The first-order valence-electron chi connectivity index (χ1n) is 7.19. The van der Waals surface area contributed by atoms with Crippen molar-refractivity contribution in [1.82, 2.24) is 0 Å². The Morgan fingerprint density at radius 1 is 1.06 bits per heavy atom. The molecule has 1 aromatic carbocycles. The van der Waals surface area contributed by atoms with Crippen molar-refractivity contribution in [2.45, 2.75) is 51.9 Å². The average molecular weight is 250 g/mol. The summed E-state index contributed by atoms with van der Waals surface area (Å²) >= 11 is 0. The molecule has 2 heteroatoms. The molecule has 18 heavy (non-hydrogen) atoms. The molecule has 0 aromatic heterocycles. The lowest BCUT2D eigenvalue weighted by atomic mass is 10.1. The number of unbranched alkanes of at least 4 members (excludes halogenated alkanes) is 5. The maximum atomic E-state index is 8.89. The summed E-state index contributed by atoms with van der Waals surface area (Å²) < 4.78 is 5.72. The zero-order chi connectivity index (χ0) is 13.1. The SMILES string of the molecule is CCCCCCCCOc1cccc(CCO)c1. The van der Waals surface area contributed by atoms with Crippen LogP contribution in [0.2, 0.25) is 0 Å². The minimum absolute atomic E-state index is 0.195. The first-order valence-corrected chi connectivity index (χ1v) is 7.19. The minimum atomic E-state index is 0.195. The van der Waals surface area contributed by atoms with E-state index in [4.69, 9.17) is 9.84 Å². The first kappa shape index (κ1) is 15.0. The Hall–Kier alpha value is -1.02. The predicted molar refractivity (Wildman–Crippen MR) is 76.1 cm³/mol. The molecule has 0 spiro atoms. The molecule has 0 saturated heterocycles. The van der Waals surface area contributed by atoms with Gasteiger partial charge in [-0.25, -0.2) is 0 Å². The van der Waals surface area contributed by atoms with E-state index >= 15 is 0 Å². The Morgan fingerprint density at radius 2 is 1.83 bits per heavy atom. The number of rotatable bonds is 10. The van der Waals surface area contributed by atoms with Gasteiger partial charge in [0.25, 0.3) is 0 Å². The van der Waals surface area contributed by atoms with Gasteiger partial charge in [0.05, 0.1) is 6.61 Å². The average Bonchev–Trinajstić information content (AvgIpc) is 2.39. The molecule has 0 aliphatic carbocycles. The van der Waals surface area contributed by atoms with Gasteiger partial charge in [0, 0.05) is 6.61 Å². The van der Waals surface area contributed by atoms with E-state index < -0.39 is 0 Å². The molecule has 0 aliphatic rings. The van der Waals surface area contributed by atoms with Gasteiger partial charge in [-0.3, -0.25) is 0 Å². The third-order valence-corrected chi connectivity index (χ3v) is 3.07. The van der Waals surface area contributed by atoms with Gasteiger partial charge in [-0.15, -0.1) is 0 Å². The van der Waals surface area contributed by atoms with Crippen molar-refractivity contribution >= 4 is 0 Å². The largest absolute Gasteiger partial charge is 0.494 e. The van der Waals surface area contributed by atoms with Crippen LogP contribution in [0, 0.1) is 0 Å². The minimum Gasteiger partial charge on any atom is -0.494 e. The molecular weight excluding hydrogens is 224 g/mol. The van der Waals surface area contributed by atoms with Crippen LogP contribution in [0.1, 0.15) is 51.0 Å². The van der Waals surface area contributed by atoms with Gasteiger partial charge in [0.15, 0.2) is 0 Å². The summed E-state index contributed by atoms with van der Waals surface area (Å²) in [6, 6.07) is 8.01. The second-order valence-corrected chi connectivity index (χ2v) is 4.74. The van der Waals surface area contributed by atoms with Gasteiger partial charge in [0.2, 0.25) is 0 Å². The molecule has 0 fully saturated rings. The lowest BCUT2D eigenvalue weighted by Gasteiger charge is -2.07. The van der Waals surface area contributed by atoms with E-state index in [1.807, 2.05) is 24.3 Å². The topological polar surface area (TPSA) is 29.5 Å². The highest BCUT2D eigenvalue weighted by molar-refractivity contribution is 5.28. The van der Waals surface area contributed by atoms with Crippen molar-refractivity contribution in [3.05, 3.63) is 29.8 Å². The third kappa shape index (κ3) is 6.65. The van der Waals surface area contributed by atoms with Crippen LogP contribution in [0.5, 0.6) is 5.75 Å². The summed E-state index contributed by atoms with van der Waals surface area (Å²) in [6.45, 7) is 3.23. The van der Waals surface area contributed by atoms with Crippen LogP contribution in [0.3, 0.4) is 0 Å². The van der Waals surface area contributed by atoms with Gasteiger partial charge in [-0.05, 0) is 30.5 Å². The molecule has 0 amide bonds. The second-order valence-electron chi connectivity index (χ2n) is 4.74. The standard InChI is InChI=1S/C16H26O2/c1-2-3-4-5-6-7-13-18-16-10-8-9-15(14-16)11-12-17/h8-10,14,17H,2-7,11-13H2,1H3. The maximum Gasteiger partial charge on any atom is 0.119 e. The highest BCUT2D eigenvalue weighted by Gasteiger charge is 1.97. The Morgan fingerprint density at radius 3 is 2.61 bits per heavy atom. The van der Waals surface area contributed by atoms with Crippen LogP contribution >= 0.6 is 0 Å². The second kappa shape index (κ2) is 9.95. The van der Waals surface area contributed by atoms with Crippen molar-refractivity contribution in [2.24, 2.45) is 0 Å². The van der Waals surface area contributed by atoms with Crippen molar-refractivity contribution in [1.29, 1.82) is 0 Å². The van der Waals surface area contributed by atoms with Gasteiger partial charge in [-0.1, -0.05) is 51.2 Å². The molecule has 0 radical (unpaired) electrons. The molecule has 0 saturated carbocycles. The molecule has 0 heterocycles. The van der Waals surface area contributed by atoms with Crippen molar-refractivity contribution in [2.75, 3.05) is 13.2 Å². The lowest BCUT2D eigenvalue weighted by Crippen LogP contribution is -1.98. The number of hydrogen-bond donors (Lipinski definition) is 1. The van der Waals surface area contributed by atoms with Crippen LogP contribution in [0.25, 0.3) is 0 Å².